The van der Waals surface area contributed by atoms with Gasteiger partial charge in [-0.15, -0.1) is 10.2 Å². The van der Waals surface area contributed by atoms with Crippen molar-refractivity contribution in [3.63, 3.8) is 0 Å². The highest BCUT2D eigenvalue weighted by Gasteiger charge is 2.16. The van der Waals surface area contributed by atoms with Gasteiger partial charge >= 0.3 is 0 Å². The molecule has 0 aliphatic carbocycles. The van der Waals surface area contributed by atoms with E-state index in [2.05, 4.69) is 50.4 Å². The topological polar surface area (TPSA) is 43.1 Å². The number of rotatable bonds is 2. The fraction of sp³-hybridized carbons (Fsp3) is 0. The van der Waals surface area contributed by atoms with Crippen molar-refractivity contribution in [3.05, 3.63) is 83.3 Å². The predicted octanol–water partition coefficient (Wildman–Crippen LogP) is 5.37. The molecule has 0 spiro atoms. The first kappa shape index (κ1) is 15.2. The summed E-state index contributed by atoms with van der Waals surface area (Å²) in [4.78, 5) is 4.82. The fourth-order valence-corrected chi connectivity index (χ4v) is 3.63. The molecule has 0 aliphatic heterocycles. The average molecular weight is 401 g/mol. The third-order valence-electron chi connectivity index (χ3n) is 4.39. The molecule has 5 aromatic rings. The summed E-state index contributed by atoms with van der Waals surface area (Å²) < 4.78 is 3.02. The summed E-state index contributed by atoms with van der Waals surface area (Å²) >= 11 is 3.53. The average Bonchev–Trinajstić information content (AvgIpc) is 3.12. The van der Waals surface area contributed by atoms with Crippen LogP contribution in [-0.4, -0.2) is 19.6 Å². The van der Waals surface area contributed by atoms with Crippen LogP contribution in [0.3, 0.4) is 0 Å². The second-order valence-electron chi connectivity index (χ2n) is 6.01. The number of halogens is 1. The maximum atomic E-state index is 4.82. The van der Waals surface area contributed by atoms with Crippen molar-refractivity contribution in [3.8, 4) is 22.6 Å². The summed E-state index contributed by atoms with van der Waals surface area (Å²) in [5.74, 6) is 1.38. The quantitative estimate of drug-likeness (QED) is 0.399. The van der Waals surface area contributed by atoms with E-state index in [1.54, 1.807) is 0 Å². The van der Waals surface area contributed by atoms with Crippen molar-refractivity contribution in [2.24, 2.45) is 0 Å². The Kier molecular flexibility index (Phi) is 3.53. The number of benzene rings is 3. The Hall–Kier alpha value is -3.05. The fourth-order valence-electron chi connectivity index (χ4n) is 3.23. The standard InChI is InChI=1S/C21H13BrN4/c22-16-10-6-9-15(13-16)20-24-25-21-23-19(14-7-2-1-3-8-14)17-11-4-5-12-18(17)26(20)21/h1-13H. The van der Waals surface area contributed by atoms with Crippen LogP contribution in [0.4, 0.5) is 0 Å². The SMILES string of the molecule is Brc1cccc(-c2nnc3nc(-c4ccccc4)c4ccccc4n23)c1. The molecule has 4 nitrogen and oxygen atoms in total. The van der Waals surface area contributed by atoms with Crippen LogP contribution in [0.2, 0.25) is 0 Å². The zero-order valence-corrected chi connectivity index (χ0v) is 15.3. The first-order chi connectivity index (χ1) is 12.8. The molecule has 0 radical (unpaired) electrons. The van der Waals surface area contributed by atoms with Gasteiger partial charge < -0.3 is 0 Å². The summed E-state index contributed by atoms with van der Waals surface area (Å²) in [6.45, 7) is 0. The molecule has 2 aromatic heterocycles. The lowest BCUT2D eigenvalue weighted by Crippen LogP contribution is -1.97. The third kappa shape index (κ3) is 2.40. The summed E-state index contributed by atoms with van der Waals surface area (Å²) in [6.07, 6.45) is 0. The lowest BCUT2D eigenvalue weighted by Gasteiger charge is -2.09. The second-order valence-corrected chi connectivity index (χ2v) is 6.93. The summed E-state index contributed by atoms with van der Waals surface area (Å²) in [5.41, 5.74) is 4.02. The van der Waals surface area contributed by atoms with E-state index in [-0.39, 0.29) is 0 Å². The number of para-hydroxylation sites is 1. The van der Waals surface area contributed by atoms with E-state index in [9.17, 15) is 0 Å². The van der Waals surface area contributed by atoms with Crippen molar-refractivity contribution in [1.82, 2.24) is 19.6 Å². The molecule has 0 atom stereocenters. The van der Waals surface area contributed by atoms with E-state index in [0.717, 1.165) is 38.0 Å². The van der Waals surface area contributed by atoms with Crippen LogP contribution in [0, 0.1) is 0 Å². The lowest BCUT2D eigenvalue weighted by atomic mass is 10.1. The highest BCUT2D eigenvalue weighted by Crippen LogP contribution is 2.30. The van der Waals surface area contributed by atoms with Crippen molar-refractivity contribution in [2.45, 2.75) is 0 Å². The molecular weight excluding hydrogens is 388 g/mol. The van der Waals surface area contributed by atoms with Crippen LogP contribution in [0.5, 0.6) is 0 Å². The molecule has 0 saturated carbocycles. The van der Waals surface area contributed by atoms with E-state index >= 15 is 0 Å². The molecule has 124 valence electrons. The minimum absolute atomic E-state index is 0.595. The van der Waals surface area contributed by atoms with Gasteiger partial charge in [-0.3, -0.25) is 4.40 Å². The first-order valence-corrected chi connectivity index (χ1v) is 9.06. The number of hydrogen-bond acceptors (Lipinski definition) is 3. The van der Waals surface area contributed by atoms with Gasteiger partial charge in [0.1, 0.15) is 0 Å². The van der Waals surface area contributed by atoms with E-state index in [1.165, 1.54) is 0 Å². The van der Waals surface area contributed by atoms with Gasteiger partial charge in [-0.1, -0.05) is 76.6 Å². The van der Waals surface area contributed by atoms with Crippen LogP contribution in [-0.2, 0) is 0 Å². The Morgan fingerprint density at radius 3 is 2.35 bits per heavy atom. The molecule has 0 aliphatic rings. The van der Waals surface area contributed by atoms with Crippen molar-refractivity contribution < 1.29 is 0 Å². The molecule has 26 heavy (non-hydrogen) atoms. The van der Waals surface area contributed by atoms with Gasteiger partial charge in [-0.05, 0) is 18.2 Å². The Morgan fingerprint density at radius 2 is 1.50 bits per heavy atom. The lowest BCUT2D eigenvalue weighted by molar-refractivity contribution is 1.10. The van der Waals surface area contributed by atoms with Gasteiger partial charge in [-0.2, -0.15) is 0 Å². The van der Waals surface area contributed by atoms with Crippen LogP contribution in [0.15, 0.2) is 83.3 Å². The molecule has 0 fully saturated rings. The number of aromatic nitrogens is 4. The largest absolute Gasteiger partial charge is 0.259 e. The Bertz CT molecular complexity index is 1250. The van der Waals surface area contributed by atoms with Gasteiger partial charge in [-0.25, -0.2) is 4.98 Å². The van der Waals surface area contributed by atoms with Crippen molar-refractivity contribution >= 4 is 32.6 Å². The number of nitrogens with zero attached hydrogens (tertiary/aromatic N) is 4. The highest BCUT2D eigenvalue weighted by molar-refractivity contribution is 9.10. The molecule has 2 heterocycles. The van der Waals surface area contributed by atoms with Crippen LogP contribution >= 0.6 is 15.9 Å². The van der Waals surface area contributed by atoms with E-state index in [1.807, 2.05) is 59.0 Å². The zero-order valence-electron chi connectivity index (χ0n) is 13.7. The molecule has 0 N–H and O–H groups in total. The van der Waals surface area contributed by atoms with Crippen LogP contribution < -0.4 is 0 Å². The van der Waals surface area contributed by atoms with E-state index in [0.29, 0.717) is 5.78 Å². The molecule has 0 amide bonds. The first-order valence-electron chi connectivity index (χ1n) is 8.26. The van der Waals surface area contributed by atoms with Gasteiger partial charge in [0, 0.05) is 21.0 Å². The van der Waals surface area contributed by atoms with Gasteiger partial charge in [0.05, 0.1) is 11.2 Å². The minimum Gasteiger partial charge on any atom is -0.259 e. The van der Waals surface area contributed by atoms with E-state index in [4.69, 9.17) is 4.98 Å². The van der Waals surface area contributed by atoms with Crippen molar-refractivity contribution in [1.29, 1.82) is 0 Å². The monoisotopic (exact) mass is 400 g/mol. The predicted molar refractivity (Wildman–Crippen MR) is 107 cm³/mol. The van der Waals surface area contributed by atoms with Gasteiger partial charge in [0.2, 0.25) is 0 Å². The summed E-state index contributed by atoms with van der Waals surface area (Å²) in [7, 11) is 0. The molecule has 5 rings (SSSR count). The van der Waals surface area contributed by atoms with Gasteiger partial charge in [0.15, 0.2) is 5.82 Å². The maximum Gasteiger partial charge on any atom is 0.256 e. The molecule has 0 unspecified atom stereocenters. The highest BCUT2D eigenvalue weighted by atomic mass is 79.9. The Morgan fingerprint density at radius 1 is 0.731 bits per heavy atom. The normalized spacial score (nSPS) is 11.3. The summed E-state index contributed by atoms with van der Waals surface area (Å²) in [6, 6.07) is 26.5. The molecule has 0 bridgehead atoms. The summed E-state index contributed by atoms with van der Waals surface area (Å²) in [5, 5.41) is 9.84. The maximum absolute atomic E-state index is 4.82. The van der Waals surface area contributed by atoms with Crippen LogP contribution in [0.1, 0.15) is 0 Å². The Labute approximate surface area is 158 Å². The van der Waals surface area contributed by atoms with E-state index < -0.39 is 0 Å². The number of hydrogen-bond donors (Lipinski definition) is 0. The van der Waals surface area contributed by atoms with Gasteiger partial charge in [0.25, 0.3) is 5.78 Å². The minimum atomic E-state index is 0.595. The third-order valence-corrected chi connectivity index (χ3v) is 4.88. The molecule has 3 aromatic carbocycles. The second kappa shape index (κ2) is 6.04. The Balaban J connectivity index is 1.87. The zero-order chi connectivity index (χ0) is 17.5. The van der Waals surface area contributed by atoms with Crippen molar-refractivity contribution in [2.75, 3.05) is 0 Å². The molecular formula is C21H13BrN4. The molecule has 5 heteroatoms. The number of fused-ring (bicyclic) bond motifs is 3. The van der Waals surface area contributed by atoms with Crippen LogP contribution in [0.25, 0.3) is 39.3 Å². The molecule has 0 saturated heterocycles. The smallest absolute Gasteiger partial charge is 0.256 e.